The largest absolute Gasteiger partial charge is 0.508 e. The molecule has 2 N–H and O–H groups in total. The van der Waals surface area contributed by atoms with Crippen LogP contribution in [0.1, 0.15) is 5.56 Å². The third-order valence-corrected chi connectivity index (χ3v) is 3.23. The molecule has 0 fully saturated rings. The molecule has 1 aromatic rings. The molecule has 0 saturated heterocycles. The van der Waals surface area contributed by atoms with Crippen LogP contribution in [0.15, 0.2) is 24.3 Å². The van der Waals surface area contributed by atoms with Crippen LogP contribution in [-0.4, -0.2) is 34.6 Å². The molecule has 1 rings (SSSR count). The summed E-state index contributed by atoms with van der Waals surface area (Å²) in [7, 11) is 1.30. The number of rotatable bonds is 5. The molecule has 1 aromatic carbocycles. The smallest absolute Gasteiger partial charge is 0.320 e. The van der Waals surface area contributed by atoms with E-state index in [-0.39, 0.29) is 30.6 Å². The van der Waals surface area contributed by atoms with Crippen molar-refractivity contribution in [1.82, 2.24) is 5.32 Å². The summed E-state index contributed by atoms with van der Waals surface area (Å²) in [6.45, 7) is 0.208. The molecule has 0 saturated carbocycles. The molecule has 0 spiro atoms. The predicted molar refractivity (Wildman–Crippen MR) is 74.6 cm³/mol. The van der Waals surface area contributed by atoms with Crippen LogP contribution >= 0.6 is 22.6 Å². The fourth-order valence-electron chi connectivity index (χ4n) is 1.31. The number of hydrogen-bond acceptors (Lipinski definition) is 4. The van der Waals surface area contributed by atoms with Gasteiger partial charge in [0, 0.05) is 12.1 Å². The lowest BCUT2D eigenvalue weighted by atomic mass is 10.1. The van der Waals surface area contributed by atoms with Crippen LogP contribution in [0.25, 0.3) is 0 Å². The summed E-state index contributed by atoms with van der Waals surface area (Å²) < 4.78 is 4.13. The Labute approximate surface area is 119 Å². The second-order valence-electron chi connectivity index (χ2n) is 3.60. The quantitative estimate of drug-likeness (QED) is 0.466. The van der Waals surface area contributed by atoms with E-state index in [4.69, 9.17) is 0 Å². The molecular formula is C12H14INO4. The first-order valence-corrected chi connectivity index (χ1v) is 6.54. The van der Waals surface area contributed by atoms with E-state index >= 15 is 0 Å². The second-order valence-corrected chi connectivity index (χ2v) is 5.10. The average molecular weight is 363 g/mol. The van der Waals surface area contributed by atoms with Gasteiger partial charge in [-0.2, -0.15) is 0 Å². The summed E-state index contributed by atoms with van der Waals surface area (Å²) in [6, 6.07) is 6.64. The molecule has 5 nitrogen and oxygen atoms in total. The maximum Gasteiger partial charge on any atom is 0.320 e. The Morgan fingerprint density at radius 2 is 2.11 bits per heavy atom. The first-order chi connectivity index (χ1) is 8.54. The van der Waals surface area contributed by atoms with E-state index in [1.54, 1.807) is 18.2 Å². The lowest BCUT2D eigenvalue weighted by Gasteiger charge is -2.09. The van der Waals surface area contributed by atoms with E-state index in [2.05, 4.69) is 10.1 Å². The number of benzene rings is 1. The molecule has 1 atom stereocenters. The van der Waals surface area contributed by atoms with Crippen molar-refractivity contribution >= 4 is 34.5 Å². The fourth-order valence-corrected chi connectivity index (χ4v) is 1.78. The van der Waals surface area contributed by atoms with Gasteiger partial charge >= 0.3 is 5.97 Å². The zero-order valence-corrected chi connectivity index (χ0v) is 12.0. The van der Waals surface area contributed by atoms with Gasteiger partial charge in [-0.3, -0.25) is 9.59 Å². The summed E-state index contributed by atoms with van der Waals surface area (Å²) >= 11 is 1.90. The van der Waals surface area contributed by atoms with E-state index in [9.17, 15) is 14.7 Å². The van der Waals surface area contributed by atoms with E-state index in [1.165, 1.54) is 13.2 Å². The fraction of sp³-hybridized carbons (Fsp3) is 0.333. The van der Waals surface area contributed by atoms with Crippen molar-refractivity contribution in [2.24, 2.45) is 0 Å². The number of phenols is 1. The van der Waals surface area contributed by atoms with Gasteiger partial charge in [0.05, 0.1) is 13.5 Å². The molecule has 0 heterocycles. The minimum atomic E-state index is -0.416. The normalized spacial score (nSPS) is 11.7. The van der Waals surface area contributed by atoms with Crippen LogP contribution in [0.4, 0.5) is 0 Å². The molecule has 1 amide bonds. The van der Waals surface area contributed by atoms with Crippen LogP contribution in [0.2, 0.25) is 0 Å². The van der Waals surface area contributed by atoms with Gasteiger partial charge in [0.15, 0.2) is 0 Å². The van der Waals surface area contributed by atoms with E-state index < -0.39 is 3.92 Å². The molecule has 0 aliphatic heterocycles. The van der Waals surface area contributed by atoms with Gasteiger partial charge in [0.1, 0.15) is 9.67 Å². The highest BCUT2D eigenvalue weighted by molar-refractivity contribution is 14.1. The third-order valence-electron chi connectivity index (χ3n) is 2.28. The van der Waals surface area contributed by atoms with Crippen molar-refractivity contribution in [3.8, 4) is 5.75 Å². The number of hydrogen-bond donors (Lipinski definition) is 2. The number of aromatic hydroxyl groups is 1. The molecule has 0 bridgehead atoms. The van der Waals surface area contributed by atoms with Crippen molar-refractivity contribution < 1.29 is 19.4 Å². The SMILES string of the molecule is COC(=O)C(I)CNC(=O)Cc1ccccc1O. The number of alkyl halides is 1. The van der Waals surface area contributed by atoms with E-state index in [1.807, 2.05) is 22.6 Å². The van der Waals surface area contributed by atoms with Crippen molar-refractivity contribution in [2.75, 3.05) is 13.7 Å². The van der Waals surface area contributed by atoms with Crippen molar-refractivity contribution in [2.45, 2.75) is 10.3 Å². The van der Waals surface area contributed by atoms with Gasteiger partial charge < -0.3 is 15.2 Å². The van der Waals surface area contributed by atoms with Gasteiger partial charge in [-0.1, -0.05) is 40.8 Å². The molecule has 0 aliphatic carbocycles. The Kier molecular flexibility index (Phi) is 5.90. The van der Waals surface area contributed by atoms with Gasteiger partial charge in [0.25, 0.3) is 0 Å². The van der Waals surface area contributed by atoms with Gasteiger partial charge in [-0.25, -0.2) is 0 Å². The van der Waals surface area contributed by atoms with Gasteiger partial charge in [0.2, 0.25) is 5.91 Å². The van der Waals surface area contributed by atoms with E-state index in [0.717, 1.165) is 0 Å². The lowest BCUT2D eigenvalue weighted by Crippen LogP contribution is -2.34. The van der Waals surface area contributed by atoms with Crippen molar-refractivity contribution in [1.29, 1.82) is 0 Å². The zero-order chi connectivity index (χ0) is 13.5. The lowest BCUT2D eigenvalue weighted by molar-refractivity contribution is -0.139. The molecular weight excluding hydrogens is 349 g/mol. The van der Waals surface area contributed by atoms with Crippen molar-refractivity contribution in [3.05, 3.63) is 29.8 Å². The Morgan fingerprint density at radius 1 is 1.44 bits per heavy atom. The Balaban J connectivity index is 2.43. The highest BCUT2D eigenvalue weighted by atomic mass is 127. The summed E-state index contributed by atoms with van der Waals surface area (Å²) in [5.41, 5.74) is 0.554. The Bertz CT molecular complexity index is 436. The minimum Gasteiger partial charge on any atom is -0.508 e. The van der Waals surface area contributed by atoms with Gasteiger partial charge in [-0.05, 0) is 6.07 Å². The number of methoxy groups -OCH3 is 1. The third kappa shape index (κ3) is 4.52. The first kappa shape index (κ1) is 14.7. The number of nitrogens with one attached hydrogen (secondary N) is 1. The second kappa shape index (κ2) is 7.20. The van der Waals surface area contributed by atoms with Crippen LogP contribution in [0.3, 0.4) is 0 Å². The molecule has 0 aliphatic rings. The molecule has 18 heavy (non-hydrogen) atoms. The summed E-state index contributed by atoms with van der Waals surface area (Å²) in [5.74, 6) is -0.535. The molecule has 0 aromatic heterocycles. The Hall–Kier alpha value is -1.31. The number of carbonyl (C=O) groups excluding carboxylic acids is 2. The number of carbonyl (C=O) groups is 2. The summed E-state index contributed by atoms with van der Waals surface area (Å²) in [6.07, 6.45) is 0.0806. The molecule has 1 unspecified atom stereocenters. The number of ether oxygens (including phenoxy) is 1. The average Bonchev–Trinajstić information content (AvgIpc) is 2.37. The first-order valence-electron chi connectivity index (χ1n) is 5.30. The molecule has 98 valence electrons. The van der Waals surface area contributed by atoms with Gasteiger partial charge in [-0.15, -0.1) is 0 Å². The minimum absolute atomic E-state index is 0.0806. The molecule has 0 radical (unpaired) electrons. The predicted octanol–water partition coefficient (Wildman–Crippen LogP) is 1.03. The number of phenolic OH excluding ortho intramolecular Hbond substituents is 1. The number of amides is 1. The van der Waals surface area contributed by atoms with Crippen molar-refractivity contribution in [3.63, 3.8) is 0 Å². The maximum absolute atomic E-state index is 11.6. The van der Waals surface area contributed by atoms with Crippen LogP contribution in [0, 0.1) is 0 Å². The maximum atomic E-state index is 11.6. The molecule has 6 heteroatoms. The monoisotopic (exact) mass is 363 g/mol. The summed E-state index contributed by atoms with van der Waals surface area (Å²) in [4.78, 5) is 22.7. The topological polar surface area (TPSA) is 75.6 Å². The summed E-state index contributed by atoms with van der Waals surface area (Å²) in [5, 5.41) is 12.1. The Morgan fingerprint density at radius 3 is 2.72 bits per heavy atom. The van der Waals surface area contributed by atoms with E-state index in [0.29, 0.717) is 5.56 Å². The zero-order valence-electron chi connectivity index (χ0n) is 9.85. The number of halogens is 1. The standard InChI is InChI=1S/C12H14INO4/c1-18-12(17)9(13)7-14-11(16)6-8-4-2-3-5-10(8)15/h2-5,9,15H,6-7H2,1H3,(H,14,16). The highest BCUT2D eigenvalue weighted by Crippen LogP contribution is 2.15. The number of para-hydroxylation sites is 1. The highest BCUT2D eigenvalue weighted by Gasteiger charge is 2.16. The van der Waals surface area contributed by atoms with Crippen LogP contribution in [0.5, 0.6) is 5.75 Å². The van der Waals surface area contributed by atoms with Crippen LogP contribution < -0.4 is 5.32 Å². The number of esters is 1. The van der Waals surface area contributed by atoms with Crippen LogP contribution in [-0.2, 0) is 20.7 Å².